The Labute approximate surface area is 119 Å². The second-order valence-corrected chi connectivity index (χ2v) is 5.35. The van der Waals surface area contributed by atoms with Crippen LogP contribution in [0.25, 0.3) is 0 Å². The summed E-state index contributed by atoms with van der Waals surface area (Å²) in [6.07, 6.45) is 9.24. The van der Waals surface area contributed by atoms with Crippen molar-refractivity contribution in [3.8, 4) is 0 Å². The van der Waals surface area contributed by atoms with Crippen molar-refractivity contribution >= 4 is 0 Å². The second kappa shape index (κ2) is 7.54. The Bertz CT molecular complexity index is 340. The van der Waals surface area contributed by atoms with Crippen LogP contribution >= 0.6 is 0 Å². The number of hydrogen-bond donors (Lipinski definition) is 0. The zero-order valence-electron chi connectivity index (χ0n) is 13.3. The van der Waals surface area contributed by atoms with Crippen molar-refractivity contribution in [1.29, 1.82) is 0 Å². The summed E-state index contributed by atoms with van der Waals surface area (Å²) >= 11 is 0. The number of piperazine rings is 1. The molecule has 2 rings (SSSR count). The molecule has 2 bridgehead atoms. The summed E-state index contributed by atoms with van der Waals surface area (Å²) in [6.45, 7) is 14.4. The van der Waals surface area contributed by atoms with Crippen LogP contribution in [-0.4, -0.2) is 42.0 Å². The third-order valence-electron chi connectivity index (χ3n) is 4.05. The molecule has 0 aromatic carbocycles. The molecule has 2 unspecified atom stereocenters. The lowest BCUT2D eigenvalue weighted by molar-refractivity contribution is 0.115. The van der Waals surface area contributed by atoms with Crippen molar-refractivity contribution in [3.63, 3.8) is 0 Å². The molecule has 0 aromatic rings. The highest BCUT2D eigenvalue weighted by Gasteiger charge is 2.37. The predicted octanol–water partition coefficient (Wildman–Crippen LogP) is 3.83. The van der Waals surface area contributed by atoms with Gasteiger partial charge in [0.05, 0.1) is 0 Å². The largest absolute Gasteiger partial charge is 0.369 e. The average Bonchev–Trinajstić information content (AvgIpc) is 2.64. The number of allylic oxidation sites excluding steroid dienone is 4. The molecule has 2 heterocycles. The van der Waals surface area contributed by atoms with Crippen molar-refractivity contribution in [2.75, 3.05) is 20.1 Å². The van der Waals surface area contributed by atoms with Gasteiger partial charge in [0, 0.05) is 30.9 Å². The summed E-state index contributed by atoms with van der Waals surface area (Å²) in [4.78, 5) is 5.09. The SMILES string of the molecule is C=C(C)/C=C\C(=C/C)N1CC2CCC(C1)N2C.CC. The molecule has 2 atom stereocenters. The van der Waals surface area contributed by atoms with Gasteiger partial charge >= 0.3 is 0 Å². The first-order valence-electron chi connectivity index (χ1n) is 7.58. The summed E-state index contributed by atoms with van der Waals surface area (Å²) in [6, 6.07) is 1.50. The molecule has 0 spiro atoms. The second-order valence-electron chi connectivity index (χ2n) is 5.35. The van der Waals surface area contributed by atoms with Crippen molar-refractivity contribution in [2.45, 2.75) is 52.6 Å². The summed E-state index contributed by atoms with van der Waals surface area (Å²) in [7, 11) is 2.28. The Kier molecular flexibility index (Phi) is 6.36. The van der Waals surface area contributed by atoms with E-state index in [2.05, 4.69) is 48.6 Å². The minimum Gasteiger partial charge on any atom is -0.369 e. The molecular formula is C17H30N2. The molecule has 2 aliphatic rings. The highest BCUT2D eigenvalue weighted by atomic mass is 15.3. The molecule has 0 saturated carbocycles. The molecule has 0 radical (unpaired) electrons. The first-order valence-corrected chi connectivity index (χ1v) is 7.58. The van der Waals surface area contributed by atoms with E-state index in [4.69, 9.17) is 0 Å². The van der Waals surface area contributed by atoms with Crippen LogP contribution in [0.5, 0.6) is 0 Å². The lowest BCUT2D eigenvalue weighted by atomic mass is 10.1. The van der Waals surface area contributed by atoms with Gasteiger partial charge in [-0.05, 0) is 39.8 Å². The van der Waals surface area contributed by atoms with E-state index >= 15 is 0 Å². The summed E-state index contributed by atoms with van der Waals surface area (Å²) in [5.74, 6) is 0. The average molecular weight is 262 g/mol. The number of likely N-dealkylation sites (N-methyl/N-ethyl adjacent to an activating group) is 1. The Morgan fingerprint density at radius 1 is 1.11 bits per heavy atom. The molecule has 2 saturated heterocycles. The van der Waals surface area contributed by atoms with E-state index in [9.17, 15) is 0 Å². The fourth-order valence-corrected chi connectivity index (χ4v) is 2.94. The highest BCUT2D eigenvalue weighted by Crippen LogP contribution is 2.30. The Morgan fingerprint density at radius 2 is 1.63 bits per heavy atom. The Balaban J connectivity index is 0.000000861. The van der Waals surface area contributed by atoms with E-state index in [1.807, 2.05) is 20.8 Å². The van der Waals surface area contributed by atoms with Crippen LogP contribution in [0.2, 0.25) is 0 Å². The van der Waals surface area contributed by atoms with Crippen molar-refractivity contribution in [1.82, 2.24) is 9.80 Å². The van der Waals surface area contributed by atoms with Gasteiger partial charge in [0.2, 0.25) is 0 Å². The molecule has 0 aliphatic carbocycles. The van der Waals surface area contributed by atoms with E-state index < -0.39 is 0 Å². The molecule has 2 heteroatoms. The maximum atomic E-state index is 3.92. The number of likely N-dealkylation sites (tertiary alicyclic amines) is 1. The van der Waals surface area contributed by atoms with Crippen LogP contribution in [0.15, 0.2) is 36.1 Å². The van der Waals surface area contributed by atoms with Gasteiger partial charge in [-0.15, -0.1) is 0 Å². The van der Waals surface area contributed by atoms with Crippen LogP contribution in [-0.2, 0) is 0 Å². The van der Waals surface area contributed by atoms with Gasteiger partial charge in [0.1, 0.15) is 0 Å². The summed E-state index contributed by atoms with van der Waals surface area (Å²) in [5, 5.41) is 0. The Hall–Kier alpha value is -1.02. The minimum absolute atomic E-state index is 0.752. The van der Waals surface area contributed by atoms with E-state index in [1.54, 1.807) is 0 Å². The van der Waals surface area contributed by atoms with Gasteiger partial charge in [-0.1, -0.05) is 38.2 Å². The highest BCUT2D eigenvalue weighted by molar-refractivity contribution is 5.25. The molecule has 2 nitrogen and oxygen atoms in total. The topological polar surface area (TPSA) is 6.48 Å². The summed E-state index contributed by atoms with van der Waals surface area (Å²) in [5.41, 5.74) is 2.46. The van der Waals surface area contributed by atoms with Crippen molar-refractivity contribution in [2.24, 2.45) is 0 Å². The van der Waals surface area contributed by atoms with Gasteiger partial charge in [-0.3, -0.25) is 4.90 Å². The lowest BCUT2D eigenvalue weighted by Crippen LogP contribution is -2.51. The van der Waals surface area contributed by atoms with Crippen LogP contribution in [0.1, 0.15) is 40.5 Å². The third kappa shape index (κ3) is 3.97. The van der Waals surface area contributed by atoms with E-state index in [1.165, 1.54) is 31.6 Å². The number of rotatable bonds is 3. The molecule has 0 aromatic heterocycles. The maximum absolute atomic E-state index is 3.92. The molecule has 108 valence electrons. The van der Waals surface area contributed by atoms with Crippen LogP contribution in [0, 0.1) is 0 Å². The standard InChI is InChI=1S/C15H24N2.C2H6/c1-5-13(7-6-12(2)3)17-10-14-8-9-15(11-17)16(14)4;1-2/h5-7,14-15H,2,8-11H2,1,3-4H3;1-2H3/b7-6-,13-5+;. The monoisotopic (exact) mass is 262 g/mol. The van der Waals surface area contributed by atoms with Crippen LogP contribution in [0.3, 0.4) is 0 Å². The number of fused-ring (bicyclic) bond motifs is 2. The molecule has 2 fully saturated rings. The first-order chi connectivity index (χ1) is 9.11. The van der Waals surface area contributed by atoms with E-state index in [-0.39, 0.29) is 0 Å². The molecular weight excluding hydrogens is 232 g/mol. The smallest absolute Gasteiger partial charge is 0.0334 e. The van der Waals surface area contributed by atoms with Gasteiger partial charge in [-0.2, -0.15) is 0 Å². The predicted molar refractivity (Wildman–Crippen MR) is 85.2 cm³/mol. The normalized spacial score (nSPS) is 27.4. The van der Waals surface area contributed by atoms with Gasteiger partial charge < -0.3 is 4.90 Å². The summed E-state index contributed by atoms with van der Waals surface area (Å²) < 4.78 is 0. The molecule has 0 N–H and O–H groups in total. The van der Waals surface area contributed by atoms with Gasteiger partial charge in [0.15, 0.2) is 0 Å². The lowest BCUT2D eigenvalue weighted by Gasteiger charge is -2.40. The molecule has 2 aliphatic heterocycles. The molecule has 19 heavy (non-hydrogen) atoms. The first kappa shape index (κ1) is 16.0. The van der Waals surface area contributed by atoms with Crippen molar-refractivity contribution < 1.29 is 0 Å². The van der Waals surface area contributed by atoms with Crippen LogP contribution < -0.4 is 0 Å². The van der Waals surface area contributed by atoms with Crippen LogP contribution in [0.4, 0.5) is 0 Å². The van der Waals surface area contributed by atoms with Crippen molar-refractivity contribution in [3.05, 3.63) is 36.1 Å². The number of hydrogen-bond acceptors (Lipinski definition) is 2. The Morgan fingerprint density at radius 3 is 2.05 bits per heavy atom. The fraction of sp³-hybridized carbons (Fsp3) is 0.647. The third-order valence-corrected chi connectivity index (χ3v) is 4.05. The van der Waals surface area contributed by atoms with Gasteiger partial charge in [0.25, 0.3) is 0 Å². The minimum atomic E-state index is 0.752. The quantitative estimate of drug-likeness (QED) is 0.713. The fourth-order valence-electron chi connectivity index (χ4n) is 2.94. The maximum Gasteiger partial charge on any atom is 0.0334 e. The zero-order valence-corrected chi connectivity index (χ0v) is 13.3. The van der Waals surface area contributed by atoms with E-state index in [0.717, 1.165) is 17.7 Å². The zero-order chi connectivity index (χ0) is 14.4. The van der Waals surface area contributed by atoms with Gasteiger partial charge in [-0.25, -0.2) is 0 Å². The molecule has 0 amide bonds. The number of nitrogens with zero attached hydrogens (tertiary/aromatic N) is 2. The van der Waals surface area contributed by atoms with E-state index in [0.29, 0.717) is 0 Å².